The first kappa shape index (κ1) is 19.5. The molecule has 1 fully saturated rings. The molecule has 6 heteroatoms. The van der Waals surface area contributed by atoms with Gasteiger partial charge in [0.1, 0.15) is 5.75 Å². The fourth-order valence-corrected chi connectivity index (χ4v) is 3.86. The summed E-state index contributed by atoms with van der Waals surface area (Å²) in [6.45, 7) is 3.36. The monoisotopic (exact) mass is 393 g/mol. The van der Waals surface area contributed by atoms with Crippen molar-refractivity contribution in [2.75, 3.05) is 20.2 Å². The molecule has 0 aliphatic carbocycles. The number of aliphatic imine (C=N–C) groups is 1. The molecule has 6 nitrogen and oxygen atoms in total. The Kier molecular flexibility index (Phi) is 5.53. The molecule has 0 saturated carbocycles. The molecule has 1 N–H and O–H groups in total. The number of amides is 1. The van der Waals surface area contributed by atoms with Crippen LogP contribution in [-0.4, -0.2) is 42.6 Å². The summed E-state index contributed by atoms with van der Waals surface area (Å²) in [5.74, 6) is 1.77. The summed E-state index contributed by atoms with van der Waals surface area (Å²) in [6.07, 6.45) is 2.54. The van der Waals surface area contributed by atoms with Gasteiger partial charge < -0.3 is 9.64 Å². The summed E-state index contributed by atoms with van der Waals surface area (Å²) in [7, 11) is 1.66. The Bertz CT molecular complexity index is 900. The largest absolute Gasteiger partial charge is 0.496 e. The second kappa shape index (κ2) is 8.25. The van der Waals surface area contributed by atoms with Gasteiger partial charge in [-0.05, 0) is 25.0 Å². The van der Waals surface area contributed by atoms with Crippen LogP contribution >= 0.6 is 0 Å². The lowest BCUT2D eigenvalue weighted by Gasteiger charge is -2.35. The van der Waals surface area contributed by atoms with Crippen molar-refractivity contribution >= 4 is 11.7 Å². The summed E-state index contributed by atoms with van der Waals surface area (Å²) >= 11 is 0. The van der Waals surface area contributed by atoms with Crippen LogP contribution in [0.4, 0.5) is 0 Å². The van der Waals surface area contributed by atoms with Gasteiger partial charge >= 0.3 is 0 Å². The van der Waals surface area contributed by atoms with E-state index < -0.39 is 5.72 Å². The molecule has 2 heterocycles. The third kappa shape index (κ3) is 4.27. The number of likely N-dealkylation sites (tertiary alicyclic amines) is 1. The number of carbonyl (C=O) groups excluding carboxylic acids is 1. The molecule has 152 valence electrons. The van der Waals surface area contributed by atoms with E-state index in [0.29, 0.717) is 38.8 Å². The Morgan fingerprint density at radius 2 is 1.90 bits per heavy atom. The van der Waals surface area contributed by atoms with Crippen molar-refractivity contribution in [3.05, 3.63) is 65.2 Å². The first-order valence-corrected chi connectivity index (χ1v) is 10.1. The zero-order chi connectivity index (χ0) is 20.3. The quantitative estimate of drug-likeness (QED) is 0.847. The van der Waals surface area contributed by atoms with Crippen molar-refractivity contribution in [2.24, 2.45) is 4.99 Å². The fraction of sp³-hybridized carbons (Fsp3) is 0.391. The first-order valence-electron chi connectivity index (χ1n) is 10.1. The van der Waals surface area contributed by atoms with E-state index in [0.717, 1.165) is 22.7 Å². The summed E-state index contributed by atoms with van der Waals surface area (Å²) in [6, 6.07) is 16.1. The topological polar surface area (TPSA) is 63.2 Å². The van der Waals surface area contributed by atoms with Gasteiger partial charge in [0, 0.05) is 37.9 Å². The maximum Gasteiger partial charge on any atom is 0.222 e. The molecule has 29 heavy (non-hydrogen) atoms. The van der Waals surface area contributed by atoms with Gasteiger partial charge in [0.25, 0.3) is 0 Å². The highest BCUT2D eigenvalue weighted by Crippen LogP contribution is 2.31. The van der Waals surface area contributed by atoms with Crippen LogP contribution in [0.1, 0.15) is 36.0 Å². The lowest BCUT2D eigenvalue weighted by Crippen LogP contribution is -2.46. The molecule has 1 saturated heterocycles. The molecule has 1 spiro atoms. The summed E-state index contributed by atoms with van der Waals surface area (Å²) < 4.78 is 5.38. The third-order valence-corrected chi connectivity index (χ3v) is 5.68. The number of methoxy groups -OCH3 is 1. The third-order valence-electron chi connectivity index (χ3n) is 5.68. The molecule has 0 aromatic heterocycles. The number of nitrogens with one attached hydrogen (secondary N) is 1. The van der Waals surface area contributed by atoms with Crippen molar-refractivity contribution in [1.29, 1.82) is 0 Å². The van der Waals surface area contributed by atoms with Gasteiger partial charge in [0.15, 0.2) is 11.6 Å². The normalized spacial score (nSPS) is 17.7. The Labute approximate surface area is 171 Å². The molecular formula is C23H27N3O3. The molecule has 4 rings (SSSR count). The lowest BCUT2D eigenvalue weighted by atomic mass is 10.00. The number of rotatable bonds is 5. The summed E-state index contributed by atoms with van der Waals surface area (Å²) in [5.41, 5.74) is 5.71. The highest BCUT2D eigenvalue weighted by Gasteiger charge is 2.41. The van der Waals surface area contributed by atoms with Crippen LogP contribution in [0.2, 0.25) is 0 Å². The molecule has 0 radical (unpaired) electrons. The number of benzene rings is 2. The fourth-order valence-electron chi connectivity index (χ4n) is 3.86. The maximum absolute atomic E-state index is 12.7. The van der Waals surface area contributed by atoms with E-state index in [4.69, 9.17) is 14.6 Å². The number of ether oxygens (including phenoxy) is 1. The minimum Gasteiger partial charge on any atom is -0.496 e. The number of nitrogens with zero attached hydrogens (tertiary/aromatic N) is 2. The van der Waals surface area contributed by atoms with E-state index in [1.165, 1.54) is 5.56 Å². The standard InChI is InChI=1S/C23H27N3O3/c1-17-7-9-19(10-8-17)22-24-23(29-25-22)13-15-26(16-14-23)21(27)12-11-18-5-3-4-6-20(18)28-2/h3-10H,11-16H2,1-2H3,(H,24,25). The van der Waals surface area contributed by atoms with Crippen molar-refractivity contribution in [3.8, 4) is 5.75 Å². The number of carbonyl (C=O) groups is 1. The van der Waals surface area contributed by atoms with Gasteiger partial charge in [0.2, 0.25) is 5.91 Å². The number of para-hydroxylation sites is 1. The van der Waals surface area contributed by atoms with Gasteiger partial charge in [-0.15, -0.1) is 0 Å². The van der Waals surface area contributed by atoms with E-state index in [9.17, 15) is 4.79 Å². The lowest BCUT2D eigenvalue weighted by molar-refractivity contribution is -0.139. The summed E-state index contributed by atoms with van der Waals surface area (Å²) in [4.78, 5) is 25.3. The molecule has 0 atom stereocenters. The van der Waals surface area contributed by atoms with Crippen LogP contribution in [0.3, 0.4) is 0 Å². The van der Waals surface area contributed by atoms with Crippen LogP contribution in [0.5, 0.6) is 5.75 Å². The maximum atomic E-state index is 12.7. The van der Waals surface area contributed by atoms with Crippen LogP contribution in [0.15, 0.2) is 53.5 Å². The number of piperidine rings is 1. The zero-order valence-corrected chi connectivity index (χ0v) is 17.0. The van der Waals surface area contributed by atoms with Gasteiger partial charge in [-0.2, -0.15) is 0 Å². The molecule has 2 aliphatic heterocycles. The highest BCUT2D eigenvalue weighted by atomic mass is 16.7. The van der Waals surface area contributed by atoms with Crippen LogP contribution < -0.4 is 10.2 Å². The smallest absolute Gasteiger partial charge is 0.222 e. The average Bonchev–Trinajstić information content (AvgIpc) is 3.16. The van der Waals surface area contributed by atoms with Gasteiger partial charge in [0.05, 0.1) is 7.11 Å². The Morgan fingerprint density at radius 1 is 1.17 bits per heavy atom. The predicted octanol–water partition coefficient (Wildman–Crippen LogP) is 3.24. The second-order valence-corrected chi connectivity index (χ2v) is 7.67. The van der Waals surface area contributed by atoms with E-state index >= 15 is 0 Å². The molecule has 2 aromatic rings. The SMILES string of the molecule is COc1ccccc1CCC(=O)N1CCC2(CC1)N=C(c1ccc(C)cc1)NO2. The van der Waals surface area contributed by atoms with Crippen LogP contribution in [-0.2, 0) is 16.1 Å². The van der Waals surface area contributed by atoms with E-state index in [1.807, 2.05) is 41.3 Å². The minimum atomic E-state index is -0.570. The molecule has 1 amide bonds. The van der Waals surface area contributed by atoms with E-state index in [-0.39, 0.29) is 5.91 Å². The molecule has 0 bridgehead atoms. The Balaban J connectivity index is 1.33. The Morgan fingerprint density at radius 3 is 2.62 bits per heavy atom. The van der Waals surface area contributed by atoms with Gasteiger partial charge in [-0.25, -0.2) is 15.3 Å². The number of hydrogen-bond acceptors (Lipinski definition) is 5. The minimum absolute atomic E-state index is 0.166. The van der Waals surface area contributed by atoms with Crippen molar-refractivity contribution in [1.82, 2.24) is 10.4 Å². The van der Waals surface area contributed by atoms with Crippen LogP contribution in [0.25, 0.3) is 0 Å². The molecule has 0 unspecified atom stereocenters. The number of amidine groups is 1. The van der Waals surface area contributed by atoms with Crippen molar-refractivity contribution in [3.63, 3.8) is 0 Å². The van der Waals surface area contributed by atoms with Crippen molar-refractivity contribution in [2.45, 2.75) is 38.3 Å². The zero-order valence-electron chi connectivity index (χ0n) is 17.0. The van der Waals surface area contributed by atoms with Gasteiger partial charge in [-0.3, -0.25) is 4.79 Å². The predicted molar refractivity (Wildman–Crippen MR) is 112 cm³/mol. The molecular weight excluding hydrogens is 366 g/mol. The van der Waals surface area contributed by atoms with Crippen LogP contribution in [0, 0.1) is 6.92 Å². The van der Waals surface area contributed by atoms with E-state index in [1.54, 1.807) is 7.11 Å². The average molecular weight is 393 g/mol. The summed E-state index contributed by atoms with van der Waals surface area (Å²) in [5, 5.41) is 0. The first-order chi connectivity index (χ1) is 14.1. The molecule has 2 aliphatic rings. The Hall–Kier alpha value is -2.86. The van der Waals surface area contributed by atoms with E-state index in [2.05, 4.69) is 24.5 Å². The highest BCUT2D eigenvalue weighted by molar-refractivity contribution is 5.99. The van der Waals surface area contributed by atoms with Crippen molar-refractivity contribution < 1.29 is 14.4 Å². The molecule has 2 aromatic carbocycles. The second-order valence-electron chi connectivity index (χ2n) is 7.67. The van der Waals surface area contributed by atoms with Gasteiger partial charge in [-0.1, -0.05) is 48.0 Å². The number of hydrogen-bond donors (Lipinski definition) is 1. The number of aryl methyl sites for hydroxylation is 2. The number of hydroxylamine groups is 1.